The Morgan fingerprint density at radius 2 is 2.14 bits per heavy atom. The average molecular weight is 310 g/mol. The van der Waals surface area contributed by atoms with Crippen molar-refractivity contribution >= 4 is 6.03 Å². The van der Waals surface area contributed by atoms with E-state index in [0.29, 0.717) is 13.0 Å². The summed E-state index contributed by atoms with van der Waals surface area (Å²) in [5.41, 5.74) is 0.750. The maximum absolute atomic E-state index is 13.1. The molecule has 0 spiro atoms. The van der Waals surface area contributed by atoms with Gasteiger partial charge < -0.3 is 15.7 Å². The van der Waals surface area contributed by atoms with Crippen LogP contribution in [0.15, 0.2) is 24.3 Å². The van der Waals surface area contributed by atoms with Gasteiger partial charge >= 0.3 is 6.03 Å². The van der Waals surface area contributed by atoms with Crippen LogP contribution in [0.1, 0.15) is 39.2 Å². The van der Waals surface area contributed by atoms with Crippen LogP contribution >= 0.6 is 0 Å². The van der Waals surface area contributed by atoms with E-state index in [1.54, 1.807) is 6.07 Å². The number of halogens is 1. The van der Waals surface area contributed by atoms with Crippen molar-refractivity contribution < 1.29 is 14.3 Å². The Labute approximate surface area is 132 Å². The van der Waals surface area contributed by atoms with Gasteiger partial charge in [0.25, 0.3) is 0 Å². The predicted molar refractivity (Wildman–Crippen MR) is 86.2 cm³/mol. The highest BCUT2D eigenvalue weighted by molar-refractivity contribution is 5.74. The minimum Gasteiger partial charge on any atom is -0.396 e. The van der Waals surface area contributed by atoms with Crippen LogP contribution < -0.4 is 10.6 Å². The maximum Gasteiger partial charge on any atom is 0.315 e. The average Bonchev–Trinajstić information content (AvgIpc) is 2.43. The highest BCUT2D eigenvalue weighted by atomic mass is 19.1. The molecular weight excluding hydrogens is 283 g/mol. The first-order valence-electron chi connectivity index (χ1n) is 7.72. The Balaban J connectivity index is 2.24. The summed E-state index contributed by atoms with van der Waals surface area (Å²) < 4.78 is 13.1. The standard InChI is InChI=1S/C17H27FN2O2/c1-13(10-14-6-4-7-15(18)11-14)20-16(22)19-9-5-8-17(2,3)12-21/h4,6-7,11,13,21H,5,8-10,12H2,1-3H3,(H2,19,20,22). The lowest BCUT2D eigenvalue weighted by Crippen LogP contribution is -2.42. The fourth-order valence-corrected chi connectivity index (χ4v) is 2.19. The van der Waals surface area contributed by atoms with Crippen molar-refractivity contribution in [2.24, 2.45) is 5.41 Å². The van der Waals surface area contributed by atoms with Crippen molar-refractivity contribution in [3.63, 3.8) is 0 Å². The monoisotopic (exact) mass is 310 g/mol. The molecule has 0 saturated carbocycles. The van der Waals surface area contributed by atoms with E-state index in [1.807, 2.05) is 26.8 Å². The lowest BCUT2D eigenvalue weighted by atomic mass is 9.89. The normalized spacial score (nSPS) is 12.8. The number of hydrogen-bond donors (Lipinski definition) is 3. The van der Waals surface area contributed by atoms with Gasteiger partial charge in [-0.05, 0) is 49.3 Å². The number of carbonyl (C=O) groups excluding carboxylic acids is 1. The Bertz CT molecular complexity index is 477. The second kappa shape index (κ2) is 8.73. The number of hydrogen-bond acceptors (Lipinski definition) is 2. The largest absolute Gasteiger partial charge is 0.396 e. The summed E-state index contributed by atoms with van der Waals surface area (Å²) in [4.78, 5) is 11.8. The third kappa shape index (κ3) is 7.41. The van der Waals surface area contributed by atoms with Gasteiger partial charge in [0.2, 0.25) is 0 Å². The SMILES string of the molecule is CC(Cc1cccc(F)c1)NC(=O)NCCCC(C)(C)CO. The summed E-state index contributed by atoms with van der Waals surface area (Å²) in [7, 11) is 0. The second-order valence-electron chi connectivity index (χ2n) is 6.56. The van der Waals surface area contributed by atoms with E-state index in [9.17, 15) is 9.18 Å². The molecule has 3 N–H and O–H groups in total. The molecule has 1 rings (SSSR count). The predicted octanol–water partition coefficient (Wildman–Crippen LogP) is 2.85. The van der Waals surface area contributed by atoms with E-state index in [-0.39, 0.29) is 29.9 Å². The van der Waals surface area contributed by atoms with Crippen molar-refractivity contribution in [3.05, 3.63) is 35.6 Å². The van der Waals surface area contributed by atoms with Gasteiger partial charge in [0, 0.05) is 19.2 Å². The summed E-state index contributed by atoms with van der Waals surface area (Å²) in [5.74, 6) is -0.263. The molecule has 0 aliphatic heterocycles. The van der Waals surface area contributed by atoms with E-state index in [1.165, 1.54) is 12.1 Å². The molecule has 124 valence electrons. The maximum atomic E-state index is 13.1. The molecule has 0 radical (unpaired) electrons. The van der Waals surface area contributed by atoms with Gasteiger partial charge in [-0.25, -0.2) is 9.18 Å². The van der Waals surface area contributed by atoms with Crippen LogP contribution in [0.25, 0.3) is 0 Å². The van der Waals surface area contributed by atoms with Crippen LogP contribution in [0.3, 0.4) is 0 Å². The van der Waals surface area contributed by atoms with Crippen molar-refractivity contribution in [3.8, 4) is 0 Å². The number of benzene rings is 1. The topological polar surface area (TPSA) is 61.4 Å². The highest BCUT2D eigenvalue weighted by Gasteiger charge is 2.15. The molecule has 0 heterocycles. The van der Waals surface area contributed by atoms with Gasteiger partial charge in [0.05, 0.1) is 0 Å². The summed E-state index contributed by atoms with van der Waals surface area (Å²) in [6.07, 6.45) is 2.25. The zero-order valence-electron chi connectivity index (χ0n) is 13.7. The Morgan fingerprint density at radius 1 is 1.41 bits per heavy atom. The van der Waals surface area contributed by atoms with Crippen LogP contribution in [-0.2, 0) is 6.42 Å². The highest BCUT2D eigenvalue weighted by Crippen LogP contribution is 2.20. The van der Waals surface area contributed by atoms with Crippen LogP contribution in [0.5, 0.6) is 0 Å². The molecule has 2 amide bonds. The van der Waals surface area contributed by atoms with Crippen LogP contribution in [0.2, 0.25) is 0 Å². The van der Waals surface area contributed by atoms with Crippen LogP contribution in [-0.4, -0.2) is 30.3 Å². The first-order valence-corrected chi connectivity index (χ1v) is 7.72. The number of aliphatic hydroxyl groups excluding tert-OH is 1. The van der Waals surface area contributed by atoms with Crippen LogP contribution in [0, 0.1) is 11.2 Å². The molecule has 0 aliphatic carbocycles. The smallest absolute Gasteiger partial charge is 0.315 e. The van der Waals surface area contributed by atoms with Crippen LogP contribution in [0.4, 0.5) is 9.18 Å². The molecule has 0 aromatic heterocycles. The van der Waals surface area contributed by atoms with Gasteiger partial charge in [-0.2, -0.15) is 0 Å². The first-order chi connectivity index (χ1) is 10.3. The fraction of sp³-hybridized carbons (Fsp3) is 0.588. The molecule has 0 aliphatic rings. The van der Waals surface area contributed by atoms with Gasteiger partial charge in [-0.3, -0.25) is 0 Å². The number of aliphatic hydroxyl groups is 1. The lowest BCUT2D eigenvalue weighted by molar-refractivity contribution is 0.148. The second-order valence-corrected chi connectivity index (χ2v) is 6.56. The van der Waals surface area contributed by atoms with E-state index >= 15 is 0 Å². The summed E-state index contributed by atoms with van der Waals surface area (Å²) in [6, 6.07) is 6.10. The fourth-order valence-electron chi connectivity index (χ4n) is 2.19. The Morgan fingerprint density at radius 3 is 2.77 bits per heavy atom. The van der Waals surface area contributed by atoms with Crippen molar-refractivity contribution in [1.29, 1.82) is 0 Å². The Hall–Kier alpha value is -1.62. The zero-order chi connectivity index (χ0) is 16.6. The number of nitrogens with one attached hydrogen (secondary N) is 2. The molecular formula is C17H27FN2O2. The van der Waals surface area contributed by atoms with Gasteiger partial charge in [0.15, 0.2) is 0 Å². The summed E-state index contributed by atoms with van der Waals surface area (Å²) >= 11 is 0. The van der Waals surface area contributed by atoms with Crippen molar-refractivity contribution in [2.45, 2.75) is 46.1 Å². The van der Waals surface area contributed by atoms with E-state index in [4.69, 9.17) is 5.11 Å². The molecule has 4 nitrogen and oxygen atoms in total. The third-order valence-electron chi connectivity index (χ3n) is 3.55. The minimum absolute atomic E-state index is 0.0734. The first kappa shape index (κ1) is 18.4. The third-order valence-corrected chi connectivity index (χ3v) is 3.55. The Kier molecular flexibility index (Phi) is 7.32. The lowest BCUT2D eigenvalue weighted by Gasteiger charge is -2.21. The molecule has 0 saturated heterocycles. The van der Waals surface area contributed by atoms with E-state index in [2.05, 4.69) is 10.6 Å². The van der Waals surface area contributed by atoms with Crippen molar-refractivity contribution in [1.82, 2.24) is 10.6 Å². The van der Waals surface area contributed by atoms with E-state index in [0.717, 1.165) is 18.4 Å². The quantitative estimate of drug-likeness (QED) is 0.647. The van der Waals surface area contributed by atoms with Gasteiger partial charge in [-0.15, -0.1) is 0 Å². The molecule has 1 aromatic carbocycles. The van der Waals surface area contributed by atoms with Gasteiger partial charge in [0.1, 0.15) is 5.82 Å². The molecule has 1 aromatic rings. The summed E-state index contributed by atoms with van der Waals surface area (Å²) in [6.45, 7) is 6.59. The van der Waals surface area contributed by atoms with Crippen molar-refractivity contribution in [2.75, 3.05) is 13.2 Å². The van der Waals surface area contributed by atoms with E-state index < -0.39 is 0 Å². The number of rotatable bonds is 8. The molecule has 5 heteroatoms. The molecule has 0 fully saturated rings. The molecule has 1 atom stereocenters. The summed E-state index contributed by atoms with van der Waals surface area (Å²) in [5, 5.41) is 14.8. The number of urea groups is 1. The molecule has 0 bridgehead atoms. The number of amides is 2. The van der Waals surface area contributed by atoms with Gasteiger partial charge in [-0.1, -0.05) is 26.0 Å². The zero-order valence-corrected chi connectivity index (χ0v) is 13.7. The molecule has 22 heavy (non-hydrogen) atoms. The minimum atomic E-state index is -0.263. The molecule has 1 unspecified atom stereocenters. The number of carbonyl (C=O) groups is 1.